The summed E-state index contributed by atoms with van der Waals surface area (Å²) in [6, 6.07) is 17.8. The third-order valence-electron chi connectivity index (χ3n) is 6.42. The van der Waals surface area contributed by atoms with Gasteiger partial charge in [-0.25, -0.2) is 9.78 Å². The Bertz CT molecular complexity index is 1400. The van der Waals surface area contributed by atoms with Gasteiger partial charge in [0.2, 0.25) is 5.88 Å². The highest BCUT2D eigenvalue weighted by molar-refractivity contribution is 5.85. The number of nitriles is 1. The van der Waals surface area contributed by atoms with E-state index in [0.29, 0.717) is 23.9 Å². The third-order valence-corrected chi connectivity index (χ3v) is 6.42. The number of benzene rings is 2. The van der Waals surface area contributed by atoms with Gasteiger partial charge in [-0.3, -0.25) is 4.79 Å². The van der Waals surface area contributed by atoms with Crippen molar-refractivity contribution in [3.05, 3.63) is 89.1 Å². The molecule has 0 saturated heterocycles. The van der Waals surface area contributed by atoms with Crippen LogP contribution in [0.2, 0.25) is 0 Å². The van der Waals surface area contributed by atoms with Crippen LogP contribution in [0.3, 0.4) is 0 Å². The van der Waals surface area contributed by atoms with Crippen molar-refractivity contribution in [3.63, 3.8) is 0 Å². The lowest BCUT2D eigenvalue weighted by Gasteiger charge is -2.30. The van der Waals surface area contributed by atoms with E-state index in [1.807, 2.05) is 39.0 Å². The van der Waals surface area contributed by atoms with Gasteiger partial charge < -0.3 is 19.5 Å². The molecule has 2 aromatic carbocycles. The van der Waals surface area contributed by atoms with Crippen LogP contribution in [0.25, 0.3) is 0 Å². The Morgan fingerprint density at radius 2 is 1.73 bits per heavy atom. The van der Waals surface area contributed by atoms with Crippen molar-refractivity contribution < 1.29 is 37.0 Å². The van der Waals surface area contributed by atoms with Gasteiger partial charge in [0.15, 0.2) is 12.2 Å². The summed E-state index contributed by atoms with van der Waals surface area (Å²) in [6.45, 7) is 10.6. The van der Waals surface area contributed by atoms with Gasteiger partial charge >= 0.3 is 12.1 Å². The number of pyridine rings is 1. The lowest BCUT2D eigenvalue weighted by Crippen LogP contribution is -2.51. The average Bonchev–Trinajstić information content (AvgIpc) is 3.00. The van der Waals surface area contributed by atoms with E-state index >= 15 is 0 Å². The topological polar surface area (TPSA) is 111 Å². The first-order valence-electron chi connectivity index (χ1n) is 14.2. The molecular weight excluding hydrogens is 575 g/mol. The molecule has 0 radical (unpaired) electrons. The smallest absolute Gasteiger partial charge is 0.417 e. The number of halogens is 3. The van der Waals surface area contributed by atoms with Crippen LogP contribution >= 0.6 is 0 Å². The average molecular weight is 614 g/mol. The Kier molecular flexibility index (Phi) is 13.2. The second-order valence-corrected chi connectivity index (χ2v) is 10.0. The van der Waals surface area contributed by atoms with Gasteiger partial charge in [0.05, 0.1) is 23.8 Å². The number of amides is 1. The molecule has 3 aromatic rings. The summed E-state index contributed by atoms with van der Waals surface area (Å²) < 4.78 is 54.6. The summed E-state index contributed by atoms with van der Waals surface area (Å²) >= 11 is 0. The summed E-state index contributed by atoms with van der Waals surface area (Å²) in [6.07, 6.45) is -3.41. The molecule has 1 heterocycles. The number of alkyl halides is 3. The number of aromatic nitrogens is 1. The van der Waals surface area contributed by atoms with E-state index in [1.54, 1.807) is 37.3 Å². The minimum atomic E-state index is -4.54. The number of nitrogens with zero attached hydrogens (tertiary/aromatic N) is 2. The maximum atomic E-state index is 13.3. The number of carbonyl (C=O) groups excluding carboxylic acids is 2. The predicted octanol–water partition coefficient (Wildman–Crippen LogP) is 6.63. The van der Waals surface area contributed by atoms with Crippen LogP contribution in [0.5, 0.6) is 11.6 Å². The lowest BCUT2D eigenvalue weighted by atomic mass is 9.85. The van der Waals surface area contributed by atoms with E-state index in [0.717, 1.165) is 23.3 Å². The summed E-state index contributed by atoms with van der Waals surface area (Å²) in [4.78, 5) is 28.5. The largest absolute Gasteiger partial charge is 0.482 e. The van der Waals surface area contributed by atoms with E-state index in [2.05, 4.69) is 16.4 Å². The Morgan fingerprint density at radius 1 is 1.05 bits per heavy atom. The van der Waals surface area contributed by atoms with E-state index in [9.17, 15) is 28.0 Å². The van der Waals surface area contributed by atoms with Crippen molar-refractivity contribution in [3.8, 4) is 17.7 Å². The van der Waals surface area contributed by atoms with Crippen LogP contribution in [-0.2, 0) is 26.9 Å². The van der Waals surface area contributed by atoms with E-state index in [1.165, 1.54) is 13.8 Å². The molecule has 0 fully saturated rings. The maximum absolute atomic E-state index is 13.3. The summed E-state index contributed by atoms with van der Waals surface area (Å²) in [5.41, 5.74) is -0.176. The summed E-state index contributed by atoms with van der Waals surface area (Å²) in [7, 11) is 0. The van der Waals surface area contributed by atoms with Crippen LogP contribution in [0.15, 0.2) is 66.9 Å². The minimum absolute atomic E-state index is 0.126. The molecule has 0 saturated carbocycles. The molecule has 0 aliphatic heterocycles. The van der Waals surface area contributed by atoms with E-state index in [-0.39, 0.29) is 25.0 Å². The number of esters is 1. The molecule has 1 amide bonds. The van der Waals surface area contributed by atoms with E-state index in [4.69, 9.17) is 14.2 Å². The predicted molar refractivity (Wildman–Crippen MR) is 159 cm³/mol. The number of hydrogen-bond donors (Lipinski definition) is 1. The fraction of sp³-hybridized carbons (Fsp3) is 0.394. The zero-order valence-corrected chi connectivity index (χ0v) is 25.7. The number of ether oxygens (including phenoxy) is 3. The monoisotopic (exact) mass is 613 g/mol. The molecule has 1 N–H and O–H groups in total. The van der Waals surface area contributed by atoms with E-state index < -0.39 is 35.3 Å². The molecule has 236 valence electrons. The van der Waals surface area contributed by atoms with Gasteiger partial charge in [-0.1, -0.05) is 38.1 Å². The van der Waals surface area contributed by atoms with Crippen LogP contribution in [0.4, 0.5) is 13.2 Å². The second kappa shape index (κ2) is 16.3. The third kappa shape index (κ3) is 10.6. The van der Waals surface area contributed by atoms with Crippen molar-refractivity contribution in [1.82, 2.24) is 10.3 Å². The minimum Gasteiger partial charge on any atom is -0.482 e. The normalized spacial score (nSPS) is 12.5. The quantitative estimate of drug-likeness (QED) is 0.228. The van der Waals surface area contributed by atoms with Crippen LogP contribution < -0.4 is 14.8 Å². The molecule has 1 aromatic heterocycles. The Labute approximate surface area is 256 Å². The number of hydrogen-bond acceptors (Lipinski definition) is 7. The molecule has 0 aliphatic carbocycles. The maximum Gasteiger partial charge on any atom is 0.417 e. The van der Waals surface area contributed by atoms with Crippen LogP contribution in [-0.4, -0.2) is 41.7 Å². The highest BCUT2D eigenvalue weighted by Gasteiger charge is 2.34. The van der Waals surface area contributed by atoms with Crippen molar-refractivity contribution in [2.75, 3.05) is 13.2 Å². The lowest BCUT2D eigenvalue weighted by molar-refractivity contribution is -0.145. The fourth-order valence-electron chi connectivity index (χ4n) is 4.14. The first-order valence-corrected chi connectivity index (χ1v) is 14.2. The second-order valence-electron chi connectivity index (χ2n) is 10.0. The molecule has 2 unspecified atom stereocenters. The van der Waals surface area contributed by atoms with Gasteiger partial charge in [0.25, 0.3) is 5.91 Å². The molecule has 0 bridgehead atoms. The zero-order valence-electron chi connectivity index (χ0n) is 25.7. The SMILES string of the molecule is CC.CCOC(=O)COc1ccc(CC(c2cccc(C#N)c2)C(C)NC(=O)C(C)(C)Oc2ccc(C(F)(F)F)cn2)cc1. The van der Waals surface area contributed by atoms with Crippen molar-refractivity contribution in [2.45, 2.75) is 71.7 Å². The highest BCUT2D eigenvalue weighted by Crippen LogP contribution is 2.30. The van der Waals surface area contributed by atoms with Crippen LogP contribution in [0, 0.1) is 11.3 Å². The molecule has 0 aliphatic rings. The molecule has 8 nitrogen and oxygen atoms in total. The first kappa shape index (κ1) is 35.6. The fourth-order valence-corrected chi connectivity index (χ4v) is 4.14. The zero-order chi connectivity index (χ0) is 32.9. The van der Waals surface area contributed by atoms with Crippen molar-refractivity contribution >= 4 is 11.9 Å². The summed E-state index contributed by atoms with van der Waals surface area (Å²) in [5.74, 6) is -0.870. The van der Waals surface area contributed by atoms with Gasteiger partial charge in [-0.05, 0) is 75.6 Å². The number of nitrogens with one attached hydrogen (secondary N) is 1. The molecule has 2 atom stereocenters. The first-order chi connectivity index (χ1) is 20.8. The van der Waals surface area contributed by atoms with Gasteiger partial charge in [-0.15, -0.1) is 0 Å². The summed E-state index contributed by atoms with van der Waals surface area (Å²) in [5, 5.41) is 12.4. The highest BCUT2D eigenvalue weighted by atomic mass is 19.4. The number of rotatable bonds is 12. The molecule has 11 heteroatoms. The molecular formula is C33H38F3N3O5. The Hall–Kier alpha value is -4.59. The molecule has 0 spiro atoms. The van der Waals surface area contributed by atoms with Crippen LogP contribution in [0.1, 0.15) is 69.7 Å². The standard InChI is InChI=1S/C31H32F3N3O5.C2H6/c1-5-40-28(38)19-41-25-12-9-21(10-13-25)16-26(23-8-6-7-22(15-23)17-35)20(2)37-29(39)30(3,4)42-27-14-11-24(18-36-27)31(32,33)34;1-2/h6-15,18,20,26H,5,16,19H2,1-4H3,(H,37,39);1-2H3. The van der Waals surface area contributed by atoms with Crippen molar-refractivity contribution in [2.24, 2.45) is 0 Å². The molecule has 3 rings (SSSR count). The Morgan fingerprint density at radius 3 is 2.30 bits per heavy atom. The van der Waals surface area contributed by atoms with Gasteiger partial charge in [0, 0.05) is 24.2 Å². The Balaban J connectivity index is 0.00000330. The number of carbonyl (C=O) groups is 2. The molecule has 44 heavy (non-hydrogen) atoms. The van der Waals surface area contributed by atoms with Gasteiger partial charge in [-0.2, -0.15) is 18.4 Å². The van der Waals surface area contributed by atoms with Crippen molar-refractivity contribution in [1.29, 1.82) is 5.26 Å². The van der Waals surface area contributed by atoms with Gasteiger partial charge in [0.1, 0.15) is 5.75 Å².